The molecule has 134 valence electrons. The van der Waals surface area contributed by atoms with Gasteiger partial charge in [-0.05, 0) is 56.2 Å². The average Bonchev–Trinajstić information content (AvgIpc) is 2.99. The van der Waals surface area contributed by atoms with E-state index in [2.05, 4.69) is 4.98 Å². The summed E-state index contributed by atoms with van der Waals surface area (Å²) >= 11 is 0. The molecule has 1 heterocycles. The molecule has 2 aromatic carbocycles. The van der Waals surface area contributed by atoms with Crippen LogP contribution in [-0.4, -0.2) is 17.6 Å². The molecular weight excluding hydrogens is 330 g/mol. The second-order valence-corrected chi connectivity index (χ2v) is 6.16. The minimum absolute atomic E-state index is 0.0528. The Morgan fingerprint density at radius 3 is 2.42 bits per heavy atom. The van der Waals surface area contributed by atoms with Crippen molar-refractivity contribution in [2.45, 2.75) is 27.4 Å². The number of ether oxygens (including phenoxy) is 2. The molecule has 3 aromatic rings. The second kappa shape index (κ2) is 7.87. The standard InChI is InChI=1S/C21H21NO4/c1-14-9-15(2)11-18(10-14)24-13-20(23)25-12-19-16(3)26-21(22-19)17-7-5-4-6-8-17/h4-11H,12-13H2,1-3H3. The molecule has 0 saturated heterocycles. The van der Waals surface area contributed by atoms with Gasteiger partial charge in [-0.2, -0.15) is 0 Å². The lowest BCUT2D eigenvalue weighted by molar-refractivity contribution is -0.147. The topological polar surface area (TPSA) is 61.6 Å². The third kappa shape index (κ3) is 4.51. The molecule has 0 N–H and O–H groups in total. The average molecular weight is 351 g/mol. The van der Waals surface area contributed by atoms with E-state index in [0.29, 0.717) is 23.1 Å². The Morgan fingerprint density at radius 1 is 1.04 bits per heavy atom. The van der Waals surface area contributed by atoms with Gasteiger partial charge < -0.3 is 13.9 Å². The molecule has 0 bridgehead atoms. The fourth-order valence-electron chi connectivity index (χ4n) is 2.62. The van der Waals surface area contributed by atoms with Gasteiger partial charge in [-0.15, -0.1) is 0 Å². The van der Waals surface area contributed by atoms with Gasteiger partial charge in [0.25, 0.3) is 0 Å². The molecule has 0 amide bonds. The summed E-state index contributed by atoms with van der Waals surface area (Å²) in [5, 5.41) is 0. The van der Waals surface area contributed by atoms with Crippen molar-refractivity contribution in [1.29, 1.82) is 0 Å². The van der Waals surface area contributed by atoms with Crippen LogP contribution in [0.15, 0.2) is 52.9 Å². The summed E-state index contributed by atoms with van der Waals surface area (Å²) in [5.74, 6) is 1.35. The fraction of sp³-hybridized carbons (Fsp3) is 0.238. The number of aryl methyl sites for hydroxylation is 3. The maximum absolute atomic E-state index is 11.9. The van der Waals surface area contributed by atoms with Crippen LogP contribution in [0.25, 0.3) is 11.5 Å². The van der Waals surface area contributed by atoms with Gasteiger partial charge >= 0.3 is 5.97 Å². The third-order valence-corrected chi connectivity index (χ3v) is 3.84. The van der Waals surface area contributed by atoms with Gasteiger partial charge in [-0.3, -0.25) is 0 Å². The van der Waals surface area contributed by atoms with Crippen molar-refractivity contribution in [2.75, 3.05) is 6.61 Å². The highest BCUT2D eigenvalue weighted by atomic mass is 16.6. The molecule has 0 aliphatic heterocycles. The molecule has 0 unspecified atom stereocenters. The molecule has 0 fully saturated rings. The molecule has 0 aliphatic carbocycles. The number of carbonyl (C=O) groups excluding carboxylic acids is 1. The van der Waals surface area contributed by atoms with Crippen LogP contribution in [0.3, 0.4) is 0 Å². The number of hydrogen-bond donors (Lipinski definition) is 0. The van der Waals surface area contributed by atoms with E-state index < -0.39 is 5.97 Å². The van der Waals surface area contributed by atoms with E-state index in [1.165, 1.54) is 0 Å². The molecule has 0 radical (unpaired) electrons. The van der Waals surface area contributed by atoms with E-state index >= 15 is 0 Å². The Morgan fingerprint density at radius 2 is 1.73 bits per heavy atom. The molecule has 0 aliphatic rings. The number of rotatable bonds is 6. The van der Waals surface area contributed by atoms with E-state index in [1.54, 1.807) is 6.92 Å². The van der Waals surface area contributed by atoms with Gasteiger partial charge in [0.15, 0.2) is 6.61 Å². The maximum atomic E-state index is 11.9. The van der Waals surface area contributed by atoms with Crippen molar-refractivity contribution < 1.29 is 18.7 Å². The van der Waals surface area contributed by atoms with Crippen LogP contribution in [0.4, 0.5) is 0 Å². The lowest BCUT2D eigenvalue weighted by Gasteiger charge is -2.08. The monoisotopic (exact) mass is 351 g/mol. The van der Waals surface area contributed by atoms with Gasteiger partial charge in [0.2, 0.25) is 5.89 Å². The number of carbonyl (C=O) groups is 1. The molecule has 0 saturated carbocycles. The summed E-state index contributed by atoms with van der Waals surface area (Å²) in [7, 11) is 0. The highest BCUT2D eigenvalue weighted by molar-refractivity contribution is 5.71. The van der Waals surface area contributed by atoms with Crippen LogP contribution in [0.1, 0.15) is 22.6 Å². The molecule has 0 atom stereocenters. The summed E-state index contributed by atoms with van der Waals surface area (Å²) < 4.78 is 16.4. The van der Waals surface area contributed by atoms with Crippen molar-refractivity contribution in [3.8, 4) is 17.2 Å². The zero-order valence-corrected chi connectivity index (χ0v) is 15.1. The SMILES string of the molecule is Cc1cc(C)cc(OCC(=O)OCc2nc(-c3ccccc3)oc2C)c1. The largest absolute Gasteiger partial charge is 0.482 e. The lowest BCUT2D eigenvalue weighted by atomic mass is 10.1. The van der Waals surface area contributed by atoms with Gasteiger partial charge in [-0.1, -0.05) is 24.3 Å². The van der Waals surface area contributed by atoms with E-state index in [9.17, 15) is 4.79 Å². The fourth-order valence-corrected chi connectivity index (χ4v) is 2.62. The van der Waals surface area contributed by atoms with E-state index in [-0.39, 0.29) is 13.2 Å². The minimum atomic E-state index is -0.451. The molecule has 0 spiro atoms. The van der Waals surface area contributed by atoms with E-state index in [4.69, 9.17) is 13.9 Å². The first kappa shape index (κ1) is 17.7. The van der Waals surface area contributed by atoms with Crippen LogP contribution >= 0.6 is 0 Å². The smallest absolute Gasteiger partial charge is 0.344 e. The van der Waals surface area contributed by atoms with Crippen LogP contribution in [0.5, 0.6) is 5.75 Å². The normalized spacial score (nSPS) is 10.6. The quantitative estimate of drug-likeness (QED) is 0.616. The number of esters is 1. The summed E-state index contributed by atoms with van der Waals surface area (Å²) in [5.41, 5.74) is 3.65. The molecule has 1 aromatic heterocycles. The van der Waals surface area contributed by atoms with Crippen molar-refractivity contribution >= 4 is 5.97 Å². The number of nitrogens with zero attached hydrogens (tertiary/aromatic N) is 1. The number of hydrogen-bond acceptors (Lipinski definition) is 5. The number of benzene rings is 2. The van der Waals surface area contributed by atoms with Crippen LogP contribution < -0.4 is 4.74 Å². The van der Waals surface area contributed by atoms with Gasteiger partial charge in [0, 0.05) is 5.56 Å². The molecule has 5 heteroatoms. The van der Waals surface area contributed by atoms with Crippen LogP contribution in [0.2, 0.25) is 0 Å². The third-order valence-electron chi connectivity index (χ3n) is 3.84. The minimum Gasteiger partial charge on any atom is -0.482 e. The first-order valence-corrected chi connectivity index (χ1v) is 8.40. The maximum Gasteiger partial charge on any atom is 0.344 e. The Bertz CT molecular complexity index is 879. The van der Waals surface area contributed by atoms with Crippen molar-refractivity contribution in [2.24, 2.45) is 0 Å². The van der Waals surface area contributed by atoms with Crippen molar-refractivity contribution in [3.63, 3.8) is 0 Å². The Balaban J connectivity index is 1.55. The summed E-state index contributed by atoms with van der Waals surface area (Å²) in [6, 6.07) is 15.4. The summed E-state index contributed by atoms with van der Waals surface area (Å²) in [6.07, 6.45) is 0. The predicted molar refractivity (Wildman–Crippen MR) is 97.9 cm³/mol. The van der Waals surface area contributed by atoms with Gasteiger partial charge in [0.05, 0.1) is 0 Å². The zero-order chi connectivity index (χ0) is 18.5. The Hall–Kier alpha value is -3.08. The van der Waals surface area contributed by atoms with Gasteiger partial charge in [0.1, 0.15) is 23.8 Å². The molecule has 26 heavy (non-hydrogen) atoms. The molecule has 5 nitrogen and oxygen atoms in total. The Kier molecular flexibility index (Phi) is 5.37. The Labute approximate surface area is 152 Å². The number of oxazole rings is 1. The predicted octanol–water partition coefficient (Wildman–Crippen LogP) is 4.39. The van der Waals surface area contributed by atoms with E-state index in [0.717, 1.165) is 16.7 Å². The van der Waals surface area contributed by atoms with Gasteiger partial charge in [-0.25, -0.2) is 9.78 Å². The first-order valence-electron chi connectivity index (χ1n) is 8.40. The van der Waals surface area contributed by atoms with Crippen molar-refractivity contribution in [1.82, 2.24) is 4.98 Å². The lowest BCUT2D eigenvalue weighted by Crippen LogP contribution is -2.15. The number of aromatic nitrogens is 1. The van der Waals surface area contributed by atoms with E-state index in [1.807, 2.05) is 62.4 Å². The summed E-state index contributed by atoms with van der Waals surface area (Å²) in [6.45, 7) is 5.67. The highest BCUT2D eigenvalue weighted by Gasteiger charge is 2.13. The van der Waals surface area contributed by atoms with Crippen LogP contribution in [0, 0.1) is 20.8 Å². The summed E-state index contributed by atoms with van der Waals surface area (Å²) in [4.78, 5) is 16.4. The molecular formula is C21H21NO4. The molecule has 3 rings (SSSR count). The second-order valence-electron chi connectivity index (χ2n) is 6.16. The first-order chi connectivity index (χ1) is 12.5. The zero-order valence-electron chi connectivity index (χ0n) is 15.1. The highest BCUT2D eigenvalue weighted by Crippen LogP contribution is 2.22. The van der Waals surface area contributed by atoms with Crippen molar-refractivity contribution in [3.05, 3.63) is 71.1 Å². The van der Waals surface area contributed by atoms with Crippen LogP contribution in [-0.2, 0) is 16.1 Å².